The van der Waals surface area contributed by atoms with Gasteiger partial charge in [-0.1, -0.05) is 38.1 Å². The van der Waals surface area contributed by atoms with E-state index in [9.17, 15) is 14.9 Å². The fraction of sp³-hybridized carbons (Fsp3) is 0.450. The minimum atomic E-state index is -0.487. The van der Waals surface area contributed by atoms with Crippen LogP contribution in [0.2, 0.25) is 0 Å². The number of aryl methyl sites for hydroxylation is 1. The van der Waals surface area contributed by atoms with Crippen LogP contribution in [-0.2, 0) is 20.0 Å². The number of nitrogens with zero attached hydrogens (tertiary/aromatic N) is 3. The summed E-state index contributed by atoms with van der Waals surface area (Å²) in [7, 11) is 1.64. The lowest BCUT2D eigenvalue weighted by Gasteiger charge is -2.38. The highest BCUT2D eigenvalue weighted by atomic mass is 16.6. The van der Waals surface area contributed by atoms with Gasteiger partial charge in [-0.05, 0) is 23.5 Å². The summed E-state index contributed by atoms with van der Waals surface area (Å²) in [6, 6.07) is 10.0. The summed E-state index contributed by atoms with van der Waals surface area (Å²) in [6.07, 6.45) is 2.37. The molecule has 144 valence electrons. The molecule has 7 heteroatoms. The third-order valence-corrected chi connectivity index (χ3v) is 5.30. The van der Waals surface area contributed by atoms with E-state index in [4.69, 9.17) is 0 Å². The second-order valence-corrected chi connectivity index (χ2v) is 7.46. The van der Waals surface area contributed by atoms with Gasteiger partial charge in [0.1, 0.15) is 5.69 Å². The topological polar surface area (TPSA) is 80.4 Å². The number of hydrogen-bond acceptors (Lipinski definition) is 4. The zero-order valence-corrected chi connectivity index (χ0v) is 16.0. The Balaban J connectivity index is 1.67. The molecule has 0 aliphatic carbocycles. The van der Waals surface area contributed by atoms with Gasteiger partial charge in [0.25, 0.3) is 11.6 Å². The molecule has 7 nitrogen and oxygen atoms in total. The van der Waals surface area contributed by atoms with Crippen molar-refractivity contribution in [1.82, 2.24) is 14.8 Å². The van der Waals surface area contributed by atoms with Crippen LogP contribution in [0, 0.1) is 16.0 Å². The number of aromatic nitrogens is 1. The maximum atomic E-state index is 12.5. The van der Waals surface area contributed by atoms with Crippen molar-refractivity contribution in [2.24, 2.45) is 13.0 Å². The molecule has 0 unspecified atom stereocenters. The van der Waals surface area contributed by atoms with Crippen molar-refractivity contribution in [3.63, 3.8) is 0 Å². The van der Waals surface area contributed by atoms with E-state index in [0.29, 0.717) is 18.2 Å². The SMILES string of the molecule is CC(C)[C@@H](CNC(=O)c1cc([N+](=O)[O-])cn1C)N1CCc2ccccc2C1. The Morgan fingerprint density at radius 1 is 1.30 bits per heavy atom. The van der Waals surface area contributed by atoms with Gasteiger partial charge in [0.15, 0.2) is 0 Å². The molecule has 27 heavy (non-hydrogen) atoms. The first kappa shape index (κ1) is 19.1. The number of benzene rings is 1. The van der Waals surface area contributed by atoms with Crippen molar-refractivity contribution in [2.75, 3.05) is 13.1 Å². The highest BCUT2D eigenvalue weighted by molar-refractivity contribution is 5.93. The molecule has 0 bridgehead atoms. The number of carbonyl (C=O) groups is 1. The Morgan fingerprint density at radius 3 is 2.63 bits per heavy atom. The quantitative estimate of drug-likeness (QED) is 0.626. The van der Waals surface area contributed by atoms with E-state index in [1.54, 1.807) is 7.05 Å². The van der Waals surface area contributed by atoms with Crippen LogP contribution in [0.1, 0.15) is 35.5 Å². The molecule has 0 radical (unpaired) electrons. The number of nitro groups is 1. The molecular weight excluding hydrogens is 344 g/mol. The van der Waals surface area contributed by atoms with Crippen molar-refractivity contribution >= 4 is 11.6 Å². The Bertz CT molecular complexity index is 844. The lowest BCUT2D eigenvalue weighted by Crippen LogP contribution is -2.48. The molecule has 1 N–H and O–H groups in total. The molecule has 1 amide bonds. The fourth-order valence-electron chi connectivity index (χ4n) is 3.75. The molecule has 0 saturated heterocycles. The second-order valence-electron chi connectivity index (χ2n) is 7.46. The Morgan fingerprint density at radius 2 is 2.00 bits per heavy atom. The van der Waals surface area contributed by atoms with E-state index in [-0.39, 0.29) is 17.6 Å². The van der Waals surface area contributed by atoms with E-state index in [1.165, 1.54) is 28.0 Å². The normalized spacial score (nSPS) is 15.4. The van der Waals surface area contributed by atoms with Crippen molar-refractivity contribution in [3.8, 4) is 0 Å². The number of hydrogen-bond donors (Lipinski definition) is 1. The van der Waals surface area contributed by atoms with Crippen LogP contribution < -0.4 is 5.32 Å². The van der Waals surface area contributed by atoms with Crippen LogP contribution >= 0.6 is 0 Å². The van der Waals surface area contributed by atoms with Crippen LogP contribution in [0.3, 0.4) is 0 Å². The highest BCUT2D eigenvalue weighted by Gasteiger charge is 2.27. The summed E-state index contributed by atoms with van der Waals surface area (Å²) in [5, 5.41) is 13.9. The summed E-state index contributed by atoms with van der Waals surface area (Å²) in [6.45, 7) is 6.67. The molecule has 0 fully saturated rings. The van der Waals surface area contributed by atoms with Crippen molar-refractivity contribution in [1.29, 1.82) is 0 Å². The van der Waals surface area contributed by atoms with Gasteiger partial charge in [0.2, 0.25) is 0 Å². The molecule has 1 aliphatic rings. The maximum Gasteiger partial charge on any atom is 0.287 e. The molecule has 2 heterocycles. The van der Waals surface area contributed by atoms with Gasteiger partial charge in [0, 0.05) is 38.8 Å². The molecule has 1 atom stereocenters. The van der Waals surface area contributed by atoms with Crippen molar-refractivity contribution in [2.45, 2.75) is 32.9 Å². The van der Waals surface area contributed by atoms with Crippen molar-refractivity contribution < 1.29 is 9.72 Å². The van der Waals surface area contributed by atoms with Crippen LogP contribution in [0.25, 0.3) is 0 Å². The molecule has 1 aromatic carbocycles. The number of amides is 1. The van der Waals surface area contributed by atoms with Crippen LogP contribution in [0.5, 0.6) is 0 Å². The molecule has 3 rings (SSSR count). The van der Waals surface area contributed by atoms with Crippen molar-refractivity contribution in [3.05, 3.63) is 63.5 Å². The average molecular weight is 370 g/mol. The Kier molecular flexibility index (Phi) is 5.60. The molecule has 0 saturated carbocycles. The van der Waals surface area contributed by atoms with Gasteiger partial charge in [-0.2, -0.15) is 0 Å². The first-order valence-electron chi connectivity index (χ1n) is 9.26. The molecular formula is C20H26N4O3. The minimum Gasteiger partial charge on any atom is -0.349 e. The predicted molar refractivity (Wildman–Crippen MR) is 104 cm³/mol. The lowest BCUT2D eigenvalue weighted by molar-refractivity contribution is -0.384. The minimum absolute atomic E-state index is 0.0734. The summed E-state index contributed by atoms with van der Waals surface area (Å²) in [5.41, 5.74) is 2.97. The van der Waals surface area contributed by atoms with E-state index < -0.39 is 4.92 Å². The van der Waals surface area contributed by atoms with E-state index in [1.807, 2.05) is 0 Å². The second kappa shape index (κ2) is 7.92. The van der Waals surface area contributed by atoms with Crippen LogP contribution in [-0.4, -0.2) is 39.4 Å². The fourth-order valence-corrected chi connectivity index (χ4v) is 3.75. The Hall–Kier alpha value is -2.67. The number of carbonyl (C=O) groups excluding carboxylic acids is 1. The van der Waals surface area contributed by atoms with Gasteiger partial charge >= 0.3 is 0 Å². The van der Waals surface area contributed by atoms with Crippen LogP contribution in [0.4, 0.5) is 5.69 Å². The molecule has 1 aromatic heterocycles. The van der Waals surface area contributed by atoms with Gasteiger partial charge in [0.05, 0.1) is 11.1 Å². The highest BCUT2D eigenvalue weighted by Crippen LogP contribution is 2.23. The van der Waals surface area contributed by atoms with Gasteiger partial charge in [-0.3, -0.25) is 19.8 Å². The first-order valence-corrected chi connectivity index (χ1v) is 9.26. The van der Waals surface area contributed by atoms with Gasteiger partial charge in [-0.25, -0.2) is 0 Å². The predicted octanol–water partition coefficient (Wildman–Crippen LogP) is 2.75. The smallest absolute Gasteiger partial charge is 0.287 e. The average Bonchev–Trinajstić information content (AvgIpc) is 3.03. The lowest BCUT2D eigenvalue weighted by atomic mass is 9.95. The Labute approximate surface area is 159 Å². The maximum absolute atomic E-state index is 12.5. The first-order chi connectivity index (χ1) is 12.9. The number of nitrogens with one attached hydrogen (secondary N) is 1. The molecule has 0 spiro atoms. The van der Waals surface area contributed by atoms with Crippen LogP contribution in [0.15, 0.2) is 36.5 Å². The summed E-state index contributed by atoms with van der Waals surface area (Å²) < 4.78 is 1.50. The zero-order valence-electron chi connectivity index (χ0n) is 16.0. The van der Waals surface area contributed by atoms with E-state index in [0.717, 1.165) is 19.5 Å². The van der Waals surface area contributed by atoms with Gasteiger partial charge in [-0.15, -0.1) is 0 Å². The third kappa shape index (κ3) is 4.19. The molecule has 2 aromatic rings. The standard InChI is InChI=1S/C20H26N4O3/c1-14(2)19(23-9-8-15-6-4-5-7-16(15)12-23)11-21-20(25)18-10-17(24(26)27)13-22(18)3/h4-7,10,13-14,19H,8-9,11-12H2,1-3H3,(H,21,25)/t19-/m1/s1. The number of fused-ring (bicyclic) bond motifs is 1. The summed E-state index contributed by atoms with van der Waals surface area (Å²) in [5.74, 6) is 0.0898. The summed E-state index contributed by atoms with van der Waals surface area (Å²) in [4.78, 5) is 25.4. The third-order valence-electron chi connectivity index (χ3n) is 5.30. The van der Waals surface area contributed by atoms with E-state index >= 15 is 0 Å². The largest absolute Gasteiger partial charge is 0.349 e. The monoisotopic (exact) mass is 370 g/mol. The summed E-state index contributed by atoms with van der Waals surface area (Å²) >= 11 is 0. The number of rotatable bonds is 6. The molecule has 1 aliphatic heterocycles. The zero-order chi connectivity index (χ0) is 19.6. The van der Waals surface area contributed by atoms with E-state index in [2.05, 4.69) is 48.3 Å². The van der Waals surface area contributed by atoms with Gasteiger partial charge < -0.3 is 9.88 Å².